The van der Waals surface area contributed by atoms with Crippen molar-refractivity contribution in [2.45, 2.75) is 178 Å². The fourth-order valence-electron chi connectivity index (χ4n) is 6.42. The maximum absolute atomic E-state index is 13.0. The Labute approximate surface area is 391 Å². The molecule has 0 aromatic heterocycles. The molecule has 0 aliphatic heterocycles. The molecule has 0 spiro atoms. The summed E-state index contributed by atoms with van der Waals surface area (Å²) in [6.07, 6.45) is 29.9. The topological polar surface area (TPSA) is 276 Å². The third-order valence-corrected chi connectivity index (χ3v) is 11.5. The van der Waals surface area contributed by atoms with Gasteiger partial charge in [0, 0.05) is 19.4 Å². The average Bonchev–Trinajstić information content (AvgIpc) is 3.27. The molecule has 17 nitrogen and oxygen atoms in total. The van der Waals surface area contributed by atoms with Crippen LogP contribution in [0.5, 0.6) is 0 Å². The summed E-state index contributed by atoms with van der Waals surface area (Å²) in [7, 11) is -10.7. The molecule has 0 heterocycles. The Morgan fingerprint density at radius 2 is 0.955 bits per heavy atom. The molecule has 0 aromatic rings. The minimum Gasteiger partial charge on any atom is -0.462 e. The van der Waals surface area contributed by atoms with Crippen molar-refractivity contribution in [1.82, 2.24) is 0 Å². The molecule has 5 unspecified atom stereocenters. The zero-order valence-electron chi connectivity index (χ0n) is 38.5. The molecule has 1 aliphatic rings. The first-order chi connectivity index (χ1) is 31.6. The zero-order valence-corrected chi connectivity index (χ0v) is 40.3. The lowest BCUT2D eigenvalue weighted by atomic mass is 9.85. The van der Waals surface area contributed by atoms with E-state index in [1.54, 1.807) is 0 Å². The highest BCUT2D eigenvalue weighted by Crippen LogP contribution is 2.49. The predicted octanol–water partition coefficient (Wildman–Crippen LogP) is 7.59. The van der Waals surface area contributed by atoms with E-state index < -0.39 is 83.5 Å². The van der Waals surface area contributed by atoms with Gasteiger partial charge >= 0.3 is 27.6 Å². The number of rotatable bonds is 38. The maximum atomic E-state index is 13.0. The molecule has 1 saturated carbocycles. The van der Waals surface area contributed by atoms with E-state index in [-0.39, 0.29) is 19.4 Å². The van der Waals surface area contributed by atoms with Gasteiger partial charge in [-0.2, -0.15) is 0 Å². The van der Waals surface area contributed by atoms with Gasteiger partial charge in [-0.25, -0.2) is 9.13 Å². The number of hydrogen-bond donors (Lipinski definition) is 8. The number of phosphoric acid groups is 2. The molecule has 0 bridgehead atoms. The van der Waals surface area contributed by atoms with Crippen molar-refractivity contribution in [1.29, 1.82) is 0 Å². The normalized spacial score (nSPS) is 22.3. The van der Waals surface area contributed by atoms with Crippen LogP contribution in [0.2, 0.25) is 0 Å². The Kier molecular flexibility index (Phi) is 35.3. The van der Waals surface area contributed by atoms with Gasteiger partial charge < -0.3 is 49.7 Å². The van der Waals surface area contributed by atoms with Gasteiger partial charge in [-0.05, 0) is 89.9 Å². The van der Waals surface area contributed by atoms with E-state index in [0.29, 0.717) is 25.7 Å². The number of ether oxygens (including phenoxy) is 2. The summed E-state index contributed by atoms with van der Waals surface area (Å²) in [6, 6.07) is 0. The lowest BCUT2D eigenvalue weighted by Crippen LogP contribution is -2.64. The van der Waals surface area contributed by atoms with Crippen LogP contribution in [-0.2, 0) is 41.8 Å². The van der Waals surface area contributed by atoms with E-state index in [1.807, 2.05) is 18.2 Å². The summed E-state index contributed by atoms with van der Waals surface area (Å²) >= 11 is 0. The Morgan fingerprint density at radius 3 is 1.47 bits per heavy atom. The number of esters is 2. The molecular formula is C47H78O17P2. The Morgan fingerprint density at radius 1 is 0.515 bits per heavy atom. The van der Waals surface area contributed by atoms with Crippen molar-refractivity contribution in [2.75, 3.05) is 19.8 Å². The highest BCUT2D eigenvalue weighted by atomic mass is 31.2. The molecule has 8 N–H and O–H groups in total. The monoisotopic (exact) mass is 976 g/mol. The molecule has 378 valence electrons. The van der Waals surface area contributed by atoms with Crippen LogP contribution in [0.1, 0.15) is 135 Å². The number of aliphatic hydroxyl groups excluding tert-OH is 5. The van der Waals surface area contributed by atoms with Crippen molar-refractivity contribution in [2.24, 2.45) is 0 Å². The van der Waals surface area contributed by atoms with Gasteiger partial charge in [0.2, 0.25) is 0 Å². The second-order valence-electron chi connectivity index (χ2n) is 15.8. The highest BCUT2D eigenvalue weighted by Gasteiger charge is 2.54. The molecule has 66 heavy (non-hydrogen) atoms. The van der Waals surface area contributed by atoms with Crippen molar-refractivity contribution >= 4 is 27.6 Å². The first kappa shape index (κ1) is 61.2. The van der Waals surface area contributed by atoms with E-state index in [1.165, 1.54) is 0 Å². The molecule has 1 aliphatic carbocycles. The summed E-state index contributed by atoms with van der Waals surface area (Å²) in [5, 5.41) is 50.0. The second-order valence-corrected chi connectivity index (χ2v) is 18.4. The molecule has 19 heteroatoms. The number of allylic oxidation sites excluding steroid dienone is 14. The SMILES string of the molecule is CC/C=C\C/C=C\C/C=C\CCCCCCCC(=O)OC[C@H](COP(=O)(O)O[C@H]1C(O)C(O)C(O)[C@@H](OP(=O)(O)O)C1O)OC(=O)CCC/C=C\C/C=C\C/C=C\C/C=C\CCCCCO. The van der Waals surface area contributed by atoms with Gasteiger partial charge in [-0.15, -0.1) is 0 Å². The molecule has 8 atom stereocenters. The molecule has 0 amide bonds. The van der Waals surface area contributed by atoms with E-state index >= 15 is 0 Å². The number of phosphoric ester groups is 2. The van der Waals surface area contributed by atoms with E-state index in [4.69, 9.17) is 33.4 Å². The van der Waals surface area contributed by atoms with Crippen LogP contribution in [0.4, 0.5) is 0 Å². The number of unbranched alkanes of at least 4 members (excludes halogenated alkanes) is 9. The number of hydrogen-bond acceptors (Lipinski definition) is 14. The Balaban J connectivity index is 2.66. The fraction of sp³-hybridized carbons (Fsp3) is 0.660. The molecule has 1 rings (SSSR count). The highest BCUT2D eigenvalue weighted by molar-refractivity contribution is 7.47. The van der Waals surface area contributed by atoms with Gasteiger partial charge in [-0.3, -0.25) is 23.2 Å². The van der Waals surface area contributed by atoms with Crippen LogP contribution in [0.3, 0.4) is 0 Å². The first-order valence-corrected chi connectivity index (χ1v) is 26.3. The summed E-state index contributed by atoms with van der Waals surface area (Å²) in [4.78, 5) is 54.2. The molecule has 0 radical (unpaired) electrons. The van der Waals surface area contributed by atoms with E-state index in [2.05, 4.69) is 78.3 Å². The van der Waals surface area contributed by atoms with Crippen LogP contribution < -0.4 is 0 Å². The number of carbonyl (C=O) groups is 2. The van der Waals surface area contributed by atoms with Gasteiger partial charge in [0.05, 0.1) is 6.61 Å². The summed E-state index contributed by atoms with van der Waals surface area (Å²) in [6.45, 7) is 0.925. The van der Waals surface area contributed by atoms with Gasteiger partial charge in [0.15, 0.2) is 6.10 Å². The molecular weight excluding hydrogens is 898 g/mol. The van der Waals surface area contributed by atoms with Crippen LogP contribution in [0.15, 0.2) is 85.1 Å². The van der Waals surface area contributed by atoms with Crippen molar-refractivity contribution in [3.8, 4) is 0 Å². The number of aliphatic hydroxyl groups is 5. The molecule has 0 saturated heterocycles. The summed E-state index contributed by atoms with van der Waals surface area (Å²) in [5.41, 5.74) is 0. The molecule has 1 fully saturated rings. The Bertz CT molecular complexity index is 1600. The van der Waals surface area contributed by atoms with Crippen LogP contribution in [-0.4, -0.2) is 115 Å². The van der Waals surface area contributed by atoms with Crippen molar-refractivity contribution < 1.29 is 82.0 Å². The third kappa shape index (κ3) is 32.0. The lowest BCUT2D eigenvalue weighted by Gasteiger charge is -2.43. The van der Waals surface area contributed by atoms with Crippen LogP contribution in [0, 0.1) is 0 Å². The third-order valence-electron chi connectivity index (χ3n) is 10.0. The lowest BCUT2D eigenvalue weighted by molar-refractivity contribution is -0.216. The smallest absolute Gasteiger partial charge is 0.462 e. The van der Waals surface area contributed by atoms with Crippen molar-refractivity contribution in [3.63, 3.8) is 0 Å². The number of carbonyl (C=O) groups excluding carboxylic acids is 2. The van der Waals surface area contributed by atoms with Crippen LogP contribution in [0.25, 0.3) is 0 Å². The quantitative estimate of drug-likeness (QED) is 0.0128. The maximum Gasteiger partial charge on any atom is 0.472 e. The van der Waals surface area contributed by atoms with Gasteiger partial charge in [-0.1, -0.05) is 118 Å². The zero-order chi connectivity index (χ0) is 48.9. The standard InChI is InChI=1S/C47H78O17P2/c1-2-3-4-5-6-7-8-9-13-16-19-22-25-28-31-34-40(49)60-37-39(38-61-66(58,59)64-47-44(53)42(51)43(52)46(45(47)54)63-65(55,56)57)62-41(50)35-32-29-26-23-20-17-14-11-10-12-15-18-21-24-27-30-33-36-48/h3-4,6-7,9-10,12-14,17-18,21,23,26,39,42-48,51-54H,2,5,8,11,15-16,19-20,22,24-25,27-38H2,1H3,(H,58,59)(H2,55,56,57)/b4-3-,7-6-,12-10-,13-9-,17-14-,21-18-,26-23-/t39-,42?,43?,44?,45?,46-,47+/m1/s1. The minimum atomic E-state index is -5.38. The average molecular weight is 977 g/mol. The predicted molar refractivity (Wildman–Crippen MR) is 252 cm³/mol. The van der Waals surface area contributed by atoms with Gasteiger partial charge in [0.1, 0.15) is 43.2 Å². The second kappa shape index (κ2) is 38.0. The first-order valence-electron chi connectivity index (χ1n) is 23.2. The molecule has 0 aromatic carbocycles. The van der Waals surface area contributed by atoms with Crippen molar-refractivity contribution in [3.05, 3.63) is 85.1 Å². The van der Waals surface area contributed by atoms with E-state index in [0.717, 1.165) is 89.9 Å². The summed E-state index contributed by atoms with van der Waals surface area (Å²) in [5.74, 6) is -1.31. The summed E-state index contributed by atoms with van der Waals surface area (Å²) < 4.78 is 49.2. The minimum absolute atomic E-state index is 0.0504. The largest absolute Gasteiger partial charge is 0.472 e. The van der Waals surface area contributed by atoms with E-state index in [9.17, 15) is 44.0 Å². The fourth-order valence-corrected chi connectivity index (χ4v) is 7.96. The van der Waals surface area contributed by atoms with Crippen LogP contribution >= 0.6 is 15.6 Å². The Hall–Kier alpha value is -2.86. The van der Waals surface area contributed by atoms with Gasteiger partial charge in [0.25, 0.3) is 0 Å².